The topological polar surface area (TPSA) is 25.8 Å². The summed E-state index contributed by atoms with van der Waals surface area (Å²) in [5.41, 5.74) is 13.3. The maximum atomic E-state index is 4.82. The van der Waals surface area contributed by atoms with Crippen LogP contribution < -0.4 is 0 Å². The first-order valence-corrected chi connectivity index (χ1v) is 18.6. The molecule has 50 heavy (non-hydrogen) atoms. The summed E-state index contributed by atoms with van der Waals surface area (Å²) >= 11 is 3.13. The van der Waals surface area contributed by atoms with E-state index in [9.17, 15) is 0 Å². The molecule has 9 aromatic rings. The molecular weight excluding hydrogens is 645 g/mol. The van der Waals surface area contributed by atoms with E-state index in [1.807, 2.05) is 11.3 Å². The SMILES string of the molecule is C1=C(c2ccc3ccccc3c2)CCC(c2ccc(-c3cc4cc(-c5ccc(-c6ccc7ccccc7c6)cc5)ccc4s3)c3nsnc23)=C1. The second-order valence-electron chi connectivity index (χ2n) is 13.1. The summed E-state index contributed by atoms with van der Waals surface area (Å²) in [6.45, 7) is 0. The van der Waals surface area contributed by atoms with Crippen LogP contribution in [0.5, 0.6) is 0 Å². The minimum absolute atomic E-state index is 0.986. The van der Waals surface area contributed by atoms with Crippen LogP contribution in [0, 0.1) is 0 Å². The number of benzene rings is 7. The molecule has 1 aliphatic carbocycles. The Labute approximate surface area is 298 Å². The lowest BCUT2D eigenvalue weighted by atomic mass is 9.88. The van der Waals surface area contributed by atoms with Gasteiger partial charge in [0.1, 0.15) is 11.0 Å². The maximum absolute atomic E-state index is 4.82. The molecule has 0 bridgehead atoms. The predicted molar refractivity (Wildman–Crippen MR) is 216 cm³/mol. The van der Waals surface area contributed by atoms with Crippen LogP contribution >= 0.6 is 23.1 Å². The Hall–Kier alpha value is -5.68. The number of thiophene rings is 1. The fourth-order valence-electron chi connectivity index (χ4n) is 7.40. The fraction of sp³-hybridized carbons (Fsp3) is 0.0435. The first kappa shape index (κ1) is 29.3. The van der Waals surface area contributed by atoms with Gasteiger partial charge in [0, 0.05) is 20.7 Å². The molecule has 0 fully saturated rings. The van der Waals surface area contributed by atoms with Crippen molar-refractivity contribution in [3.8, 4) is 32.7 Å². The van der Waals surface area contributed by atoms with Crippen LogP contribution in [-0.4, -0.2) is 8.75 Å². The first-order valence-electron chi connectivity index (χ1n) is 17.0. The van der Waals surface area contributed by atoms with Gasteiger partial charge in [-0.15, -0.1) is 11.3 Å². The summed E-state index contributed by atoms with van der Waals surface area (Å²) in [6, 6.07) is 53.2. The van der Waals surface area contributed by atoms with Crippen molar-refractivity contribution in [1.82, 2.24) is 8.75 Å². The van der Waals surface area contributed by atoms with Crippen molar-refractivity contribution < 1.29 is 0 Å². The smallest absolute Gasteiger partial charge is 0.114 e. The molecular formula is C46H30N2S2. The van der Waals surface area contributed by atoms with Crippen molar-refractivity contribution in [2.45, 2.75) is 12.8 Å². The van der Waals surface area contributed by atoms with Crippen molar-refractivity contribution in [2.24, 2.45) is 0 Å². The summed E-state index contributed by atoms with van der Waals surface area (Å²) in [5.74, 6) is 0. The van der Waals surface area contributed by atoms with E-state index in [0.717, 1.165) is 29.4 Å². The maximum Gasteiger partial charge on any atom is 0.114 e. The molecule has 0 aliphatic heterocycles. The molecule has 2 nitrogen and oxygen atoms in total. The molecule has 0 unspecified atom stereocenters. The van der Waals surface area contributed by atoms with Gasteiger partial charge in [-0.2, -0.15) is 8.75 Å². The van der Waals surface area contributed by atoms with Gasteiger partial charge >= 0.3 is 0 Å². The highest BCUT2D eigenvalue weighted by Crippen LogP contribution is 2.42. The molecule has 2 heterocycles. The summed E-state index contributed by atoms with van der Waals surface area (Å²) < 4.78 is 10.9. The first-order chi connectivity index (χ1) is 24.7. The zero-order chi connectivity index (χ0) is 33.0. The number of allylic oxidation sites excluding steroid dienone is 4. The van der Waals surface area contributed by atoms with Gasteiger partial charge in [0.15, 0.2) is 0 Å². The average Bonchev–Trinajstić information content (AvgIpc) is 3.85. The monoisotopic (exact) mass is 674 g/mol. The fourth-order valence-corrected chi connectivity index (χ4v) is 9.04. The Balaban J connectivity index is 0.934. The third kappa shape index (κ3) is 5.16. The molecule has 2 aromatic heterocycles. The third-order valence-corrected chi connectivity index (χ3v) is 11.8. The van der Waals surface area contributed by atoms with E-state index in [0.29, 0.717) is 0 Å². The van der Waals surface area contributed by atoms with E-state index in [1.165, 1.54) is 92.8 Å². The number of hydrogen-bond acceptors (Lipinski definition) is 4. The minimum Gasteiger partial charge on any atom is -0.172 e. The Bertz CT molecular complexity index is 2820. The van der Waals surface area contributed by atoms with Gasteiger partial charge in [0.2, 0.25) is 0 Å². The zero-order valence-corrected chi connectivity index (χ0v) is 28.8. The van der Waals surface area contributed by atoms with Crippen molar-refractivity contribution in [1.29, 1.82) is 0 Å². The van der Waals surface area contributed by atoms with E-state index >= 15 is 0 Å². The highest BCUT2D eigenvalue weighted by atomic mass is 32.1. The number of fused-ring (bicyclic) bond motifs is 4. The van der Waals surface area contributed by atoms with Crippen LogP contribution in [0.25, 0.3) is 86.5 Å². The van der Waals surface area contributed by atoms with Crippen LogP contribution in [0.15, 0.2) is 158 Å². The van der Waals surface area contributed by atoms with Gasteiger partial charge in [0.05, 0.1) is 11.7 Å². The lowest BCUT2D eigenvalue weighted by Gasteiger charge is -2.16. The van der Waals surface area contributed by atoms with Crippen LogP contribution in [-0.2, 0) is 0 Å². The van der Waals surface area contributed by atoms with E-state index in [2.05, 4.69) is 158 Å². The summed E-state index contributed by atoms with van der Waals surface area (Å²) in [6.07, 6.45) is 6.58. The Morgan fingerprint density at radius 3 is 1.60 bits per heavy atom. The molecule has 0 amide bonds. The summed E-state index contributed by atoms with van der Waals surface area (Å²) in [4.78, 5) is 1.23. The average molecular weight is 675 g/mol. The number of rotatable bonds is 5. The molecule has 0 N–H and O–H groups in total. The third-order valence-electron chi connectivity index (χ3n) is 10.1. The highest BCUT2D eigenvalue weighted by Gasteiger charge is 2.18. The van der Waals surface area contributed by atoms with Crippen molar-refractivity contribution >= 4 is 76.9 Å². The van der Waals surface area contributed by atoms with E-state index in [-0.39, 0.29) is 0 Å². The van der Waals surface area contributed by atoms with Crippen LogP contribution in [0.3, 0.4) is 0 Å². The van der Waals surface area contributed by atoms with Crippen LogP contribution in [0.1, 0.15) is 24.0 Å². The predicted octanol–water partition coefficient (Wildman–Crippen LogP) is 13.5. The molecule has 4 heteroatoms. The Morgan fingerprint density at radius 2 is 0.920 bits per heavy atom. The number of nitrogens with zero attached hydrogens (tertiary/aromatic N) is 2. The molecule has 0 radical (unpaired) electrons. The molecule has 0 saturated carbocycles. The van der Waals surface area contributed by atoms with Crippen molar-refractivity contribution in [3.63, 3.8) is 0 Å². The zero-order valence-electron chi connectivity index (χ0n) is 27.1. The van der Waals surface area contributed by atoms with Gasteiger partial charge < -0.3 is 0 Å². The van der Waals surface area contributed by atoms with Crippen molar-refractivity contribution in [2.75, 3.05) is 0 Å². The standard InChI is InChI=1S/C46H30N2S2/c1-3-7-35-25-37(19-15-29(35)5-1)31-9-11-32(12-10-31)39-21-24-43-40(27-39)28-44(49-43)42-23-22-41(45-46(42)48-50-47-45)34-17-13-33(14-18-34)38-20-16-30-6-2-4-8-36(30)26-38/h1-13,15-17,19-28H,14,18H2. The van der Waals surface area contributed by atoms with Gasteiger partial charge in [-0.3, -0.25) is 0 Å². The summed E-state index contributed by atoms with van der Waals surface area (Å²) in [7, 11) is 0. The van der Waals surface area contributed by atoms with E-state index in [1.54, 1.807) is 0 Å². The van der Waals surface area contributed by atoms with E-state index in [4.69, 9.17) is 8.75 Å². The molecule has 1 aliphatic rings. The molecule has 0 saturated heterocycles. The second-order valence-corrected chi connectivity index (χ2v) is 14.7. The molecule has 7 aromatic carbocycles. The highest BCUT2D eigenvalue weighted by molar-refractivity contribution is 7.22. The summed E-state index contributed by atoms with van der Waals surface area (Å²) in [5, 5.41) is 6.36. The Kier molecular flexibility index (Phi) is 7.04. The van der Waals surface area contributed by atoms with Crippen LogP contribution in [0.4, 0.5) is 0 Å². The molecule has 0 atom stereocenters. The molecule has 0 spiro atoms. The van der Waals surface area contributed by atoms with Crippen molar-refractivity contribution in [3.05, 3.63) is 169 Å². The molecule has 236 valence electrons. The Morgan fingerprint density at radius 1 is 0.400 bits per heavy atom. The van der Waals surface area contributed by atoms with E-state index < -0.39 is 0 Å². The lowest BCUT2D eigenvalue weighted by Crippen LogP contribution is -1.95. The van der Waals surface area contributed by atoms with Gasteiger partial charge in [-0.1, -0.05) is 127 Å². The number of hydrogen-bond donors (Lipinski definition) is 0. The van der Waals surface area contributed by atoms with Crippen LogP contribution in [0.2, 0.25) is 0 Å². The lowest BCUT2D eigenvalue weighted by molar-refractivity contribution is 1.07. The van der Waals surface area contributed by atoms with Gasteiger partial charge in [-0.25, -0.2) is 0 Å². The minimum atomic E-state index is 0.986. The quantitative estimate of drug-likeness (QED) is 0.182. The normalized spacial score (nSPS) is 13.3. The molecule has 10 rings (SSSR count). The largest absolute Gasteiger partial charge is 0.172 e. The van der Waals surface area contributed by atoms with Gasteiger partial charge in [0.25, 0.3) is 0 Å². The van der Waals surface area contributed by atoms with Gasteiger partial charge in [-0.05, 0) is 109 Å². The number of aromatic nitrogens is 2. The second kappa shape index (κ2) is 12.0.